The quantitative estimate of drug-likeness (QED) is 0.594. The lowest BCUT2D eigenvalue weighted by Crippen LogP contribution is -2.45. The Bertz CT molecular complexity index is 526. The second-order valence-electron chi connectivity index (χ2n) is 5.23. The Morgan fingerprint density at radius 3 is 2.45 bits per heavy atom. The Morgan fingerprint density at radius 2 is 1.90 bits per heavy atom. The highest BCUT2D eigenvalue weighted by Crippen LogP contribution is 2.37. The van der Waals surface area contributed by atoms with Gasteiger partial charge < -0.3 is 14.4 Å². The third-order valence-corrected chi connectivity index (χ3v) is 3.98. The summed E-state index contributed by atoms with van der Waals surface area (Å²) in [7, 11) is 1.74. The molecule has 1 aromatic heterocycles. The second kappa shape index (κ2) is 4.71. The molecule has 0 atom stereocenters. The first-order valence-electron chi connectivity index (χ1n) is 6.73. The van der Waals surface area contributed by atoms with E-state index in [1.807, 2.05) is 4.90 Å². The maximum Gasteiger partial charge on any atom is 0.333 e. The molecule has 2 aliphatic heterocycles. The number of hydrogen-bond donors (Lipinski definition) is 0. The minimum atomic E-state index is -0.473. The van der Waals surface area contributed by atoms with Crippen molar-refractivity contribution in [3.63, 3.8) is 0 Å². The molecule has 3 heterocycles. The van der Waals surface area contributed by atoms with Crippen LogP contribution in [-0.4, -0.2) is 46.8 Å². The Hall–Kier alpha value is -1.67. The summed E-state index contributed by atoms with van der Waals surface area (Å²) in [6.45, 7) is 4.26. The molecule has 0 radical (unpaired) electrons. The van der Waals surface area contributed by atoms with Gasteiger partial charge in [-0.05, 0) is 6.92 Å². The van der Waals surface area contributed by atoms with Crippen molar-refractivity contribution in [1.82, 2.24) is 9.78 Å². The molecular formula is C12H18N4O4. The summed E-state index contributed by atoms with van der Waals surface area (Å²) in [6.07, 6.45) is 1.43. The molecule has 3 rings (SSSR count). The van der Waals surface area contributed by atoms with E-state index in [0.717, 1.165) is 0 Å². The van der Waals surface area contributed by atoms with Gasteiger partial charge in [-0.3, -0.25) is 10.1 Å². The van der Waals surface area contributed by atoms with E-state index in [1.165, 1.54) is 0 Å². The molecule has 8 nitrogen and oxygen atoms in total. The standard InChI is InChI=1S/C12H18N4O4/c1-9-10(16(17)18)11(14(2)13-9)15-5-3-12(4-6-15)19-7-8-20-12/h3-8H2,1-2H3. The molecule has 0 saturated carbocycles. The third kappa shape index (κ3) is 2.04. The SMILES string of the molecule is Cc1nn(C)c(N2CCC3(CC2)OCCO3)c1[N+](=O)[O-]. The van der Waals surface area contributed by atoms with Crippen molar-refractivity contribution < 1.29 is 14.4 Å². The zero-order valence-electron chi connectivity index (χ0n) is 11.7. The summed E-state index contributed by atoms with van der Waals surface area (Å²) >= 11 is 0. The molecule has 2 saturated heterocycles. The van der Waals surface area contributed by atoms with Crippen molar-refractivity contribution in [3.8, 4) is 0 Å². The smallest absolute Gasteiger partial charge is 0.333 e. The van der Waals surface area contributed by atoms with E-state index >= 15 is 0 Å². The number of aryl methyl sites for hydroxylation is 2. The van der Waals surface area contributed by atoms with Crippen LogP contribution in [0.5, 0.6) is 0 Å². The van der Waals surface area contributed by atoms with Gasteiger partial charge >= 0.3 is 5.69 Å². The number of nitro groups is 1. The highest BCUT2D eigenvalue weighted by molar-refractivity contribution is 5.61. The van der Waals surface area contributed by atoms with E-state index in [-0.39, 0.29) is 10.6 Å². The molecule has 2 fully saturated rings. The molecule has 110 valence electrons. The van der Waals surface area contributed by atoms with Crippen LogP contribution in [0.2, 0.25) is 0 Å². The van der Waals surface area contributed by atoms with Crippen molar-refractivity contribution in [1.29, 1.82) is 0 Å². The van der Waals surface area contributed by atoms with Crippen LogP contribution < -0.4 is 4.90 Å². The molecule has 20 heavy (non-hydrogen) atoms. The third-order valence-electron chi connectivity index (χ3n) is 3.98. The summed E-state index contributed by atoms with van der Waals surface area (Å²) in [5.41, 5.74) is 0.540. The van der Waals surface area contributed by atoms with Gasteiger partial charge in [0.2, 0.25) is 5.82 Å². The molecule has 2 aliphatic rings. The van der Waals surface area contributed by atoms with Gasteiger partial charge in [-0.25, -0.2) is 4.68 Å². The van der Waals surface area contributed by atoms with Gasteiger partial charge in [0, 0.05) is 33.0 Å². The van der Waals surface area contributed by atoms with Crippen LogP contribution in [0.3, 0.4) is 0 Å². The molecule has 0 N–H and O–H groups in total. The van der Waals surface area contributed by atoms with E-state index < -0.39 is 5.79 Å². The molecule has 8 heteroatoms. The number of ether oxygens (including phenoxy) is 2. The molecule has 1 spiro atoms. The Morgan fingerprint density at radius 1 is 1.30 bits per heavy atom. The largest absolute Gasteiger partial charge is 0.351 e. The maximum absolute atomic E-state index is 11.2. The van der Waals surface area contributed by atoms with E-state index in [1.54, 1.807) is 18.7 Å². The lowest BCUT2D eigenvalue weighted by Gasteiger charge is -2.38. The van der Waals surface area contributed by atoms with Gasteiger partial charge in [-0.15, -0.1) is 0 Å². The summed E-state index contributed by atoms with van der Waals surface area (Å²) in [6, 6.07) is 0. The molecule has 1 aromatic rings. The fourth-order valence-corrected chi connectivity index (χ4v) is 3.05. The minimum absolute atomic E-state index is 0.0942. The van der Waals surface area contributed by atoms with Crippen LogP contribution in [0, 0.1) is 17.0 Å². The predicted molar refractivity (Wildman–Crippen MR) is 70.7 cm³/mol. The molecule has 0 amide bonds. The lowest BCUT2D eigenvalue weighted by molar-refractivity contribution is -0.384. The Kier molecular flexibility index (Phi) is 3.14. The van der Waals surface area contributed by atoms with Crippen molar-refractivity contribution in [2.24, 2.45) is 7.05 Å². The first kappa shape index (κ1) is 13.3. The monoisotopic (exact) mass is 282 g/mol. The average Bonchev–Trinajstić information content (AvgIpc) is 2.96. The van der Waals surface area contributed by atoms with Crippen molar-refractivity contribution in [3.05, 3.63) is 15.8 Å². The van der Waals surface area contributed by atoms with Crippen LogP contribution in [0.4, 0.5) is 11.5 Å². The average molecular weight is 282 g/mol. The number of anilines is 1. The maximum atomic E-state index is 11.2. The summed E-state index contributed by atoms with van der Waals surface area (Å²) in [5.74, 6) is 0.0965. The fourth-order valence-electron chi connectivity index (χ4n) is 3.05. The van der Waals surface area contributed by atoms with E-state index in [0.29, 0.717) is 50.7 Å². The van der Waals surface area contributed by atoms with Crippen LogP contribution in [0.25, 0.3) is 0 Å². The number of nitrogens with zero attached hydrogens (tertiary/aromatic N) is 4. The van der Waals surface area contributed by atoms with Gasteiger partial charge in [-0.2, -0.15) is 5.10 Å². The molecule has 0 aliphatic carbocycles. The highest BCUT2D eigenvalue weighted by atomic mass is 16.7. The van der Waals surface area contributed by atoms with Crippen LogP contribution in [0.1, 0.15) is 18.5 Å². The predicted octanol–water partition coefficient (Wildman–Crippen LogP) is 0.980. The van der Waals surface area contributed by atoms with Gasteiger partial charge in [0.05, 0.1) is 18.1 Å². The fraction of sp³-hybridized carbons (Fsp3) is 0.750. The van der Waals surface area contributed by atoms with Crippen LogP contribution in [-0.2, 0) is 16.5 Å². The highest BCUT2D eigenvalue weighted by Gasteiger charge is 2.41. The van der Waals surface area contributed by atoms with Gasteiger partial charge in [0.25, 0.3) is 0 Å². The van der Waals surface area contributed by atoms with Gasteiger partial charge in [0.1, 0.15) is 5.69 Å². The van der Waals surface area contributed by atoms with Gasteiger partial charge in [0.15, 0.2) is 5.79 Å². The van der Waals surface area contributed by atoms with E-state index in [4.69, 9.17) is 9.47 Å². The van der Waals surface area contributed by atoms with Crippen LogP contribution >= 0.6 is 0 Å². The van der Waals surface area contributed by atoms with Crippen molar-refractivity contribution in [2.45, 2.75) is 25.6 Å². The minimum Gasteiger partial charge on any atom is -0.351 e. The van der Waals surface area contributed by atoms with E-state index in [9.17, 15) is 10.1 Å². The second-order valence-corrected chi connectivity index (χ2v) is 5.23. The topological polar surface area (TPSA) is 82.7 Å². The number of piperidine rings is 1. The van der Waals surface area contributed by atoms with Crippen molar-refractivity contribution in [2.75, 3.05) is 31.2 Å². The first-order chi connectivity index (χ1) is 9.52. The first-order valence-corrected chi connectivity index (χ1v) is 6.73. The molecular weight excluding hydrogens is 264 g/mol. The summed E-state index contributed by atoms with van der Waals surface area (Å²) in [5, 5.41) is 15.4. The zero-order chi connectivity index (χ0) is 14.3. The van der Waals surface area contributed by atoms with Crippen LogP contribution in [0.15, 0.2) is 0 Å². The lowest BCUT2D eigenvalue weighted by atomic mass is 10.0. The number of hydrogen-bond acceptors (Lipinski definition) is 6. The summed E-state index contributed by atoms with van der Waals surface area (Å²) < 4.78 is 12.9. The number of aromatic nitrogens is 2. The molecule has 0 aromatic carbocycles. The van der Waals surface area contributed by atoms with Crippen molar-refractivity contribution >= 4 is 11.5 Å². The molecule has 0 bridgehead atoms. The molecule has 0 unspecified atom stereocenters. The zero-order valence-corrected chi connectivity index (χ0v) is 11.7. The summed E-state index contributed by atoms with van der Waals surface area (Å²) in [4.78, 5) is 12.9. The normalized spacial score (nSPS) is 21.6. The Labute approximate surface area is 116 Å². The van der Waals surface area contributed by atoms with E-state index in [2.05, 4.69) is 5.10 Å². The number of rotatable bonds is 2. The van der Waals surface area contributed by atoms with Gasteiger partial charge in [-0.1, -0.05) is 0 Å². The Balaban J connectivity index is 1.83.